The van der Waals surface area contributed by atoms with Gasteiger partial charge in [-0.1, -0.05) is 30.3 Å². The van der Waals surface area contributed by atoms with E-state index in [-0.39, 0.29) is 0 Å². The summed E-state index contributed by atoms with van der Waals surface area (Å²) < 4.78 is 16.7. The Labute approximate surface area is 171 Å². The Morgan fingerprint density at radius 3 is 2.31 bits per heavy atom. The first kappa shape index (κ1) is 19.3. The van der Waals surface area contributed by atoms with Gasteiger partial charge in [-0.2, -0.15) is 5.10 Å². The Morgan fingerprint density at radius 1 is 0.931 bits per heavy atom. The lowest BCUT2D eigenvalue weighted by molar-refractivity contribution is 0.327. The molecule has 29 heavy (non-hydrogen) atoms. The van der Waals surface area contributed by atoms with Crippen molar-refractivity contribution < 1.29 is 14.2 Å². The smallest absolute Gasteiger partial charge is 0.204 e. The van der Waals surface area contributed by atoms with Gasteiger partial charge in [-0.3, -0.25) is 0 Å². The molecule has 0 amide bonds. The van der Waals surface area contributed by atoms with Crippen molar-refractivity contribution in [2.24, 2.45) is 5.92 Å². The molecule has 0 saturated carbocycles. The molecule has 1 aromatic heterocycles. The van der Waals surface area contributed by atoms with Crippen LogP contribution in [0.15, 0.2) is 42.6 Å². The molecule has 0 spiro atoms. The van der Waals surface area contributed by atoms with Gasteiger partial charge in [0.2, 0.25) is 5.75 Å². The van der Waals surface area contributed by atoms with Gasteiger partial charge in [0.15, 0.2) is 17.3 Å². The molecule has 0 unspecified atom stereocenters. The maximum absolute atomic E-state index is 5.63. The van der Waals surface area contributed by atoms with E-state index in [0.29, 0.717) is 23.2 Å². The molecule has 152 valence electrons. The summed E-state index contributed by atoms with van der Waals surface area (Å²) in [5, 5.41) is 10.6. The first-order chi connectivity index (χ1) is 14.2. The average molecular weight is 393 g/mol. The fraction of sp³-hybridized carbons (Fsp3) is 0.391. The number of hydrogen-bond donors (Lipinski definition) is 0. The van der Waals surface area contributed by atoms with E-state index >= 15 is 0 Å². The number of methoxy groups -OCH3 is 3. The molecule has 1 fully saturated rings. The molecule has 0 atom stereocenters. The van der Waals surface area contributed by atoms with Crippen LogP contribution in [0.4, 0.5) is 5.82 Å². The zero-order valence-electron chi connectivity index (χ0n) is 17.2. The van der Waals surface area contributed by atoms with E-state index in [4.69, 9.17) is 14.2 Å². The minimum Gasteiger partial charge on any atom is -0.493 e. The summed E-state index contributed by atoms with van der Waals surface area (Å²) in [4.78, 5) is 2.32. The third-order valence-corrected chi connectivity index (χ3v) is 5.73. The highest BCUT2D eigenvalue weighted by atomic mass is 16.5. The van der Waals surface area contributed by atoms with E-state index in [1.54, 1.807) is 27.5 Å². The number of hydrogen-bond acceptors (Lipinski definition) is 6. The molecule has 2 aromatic carbocycles. The maximum Gasteiger partial charge on any atom is 0.204 e. The second-order valence-corrected chi connectivity index (χ2v) is 7.39. The second-order valence-electron chi connectivity index (χ2n) is 7.39. The van der Waals surface area contributed by atoms with Gasteiger partial charge in [0.05, 0.1) is 32.9 Å². The van der Waals surface area contributed by atoms with E-state index in [0.717, 1.165) is 48.9 Å². The van der Waals surface area contributed by atoms with Gasteiger partial charge in [0.1, 0.15) is 0 Å². The number of benzene rings is 2. The predicted molar refractivity (Wildman–Crippen MR) is 114 cm³/mol. The lowest BCUT2D eigenvalue weighted by Crippen LogP contribution is -2.35. The first-order valence-electron chi connectivity index (χ1n) is 9.98. The van der Waals surface area contributed by atoms with Gasteiger partial charge in [-0.05, 0) is 36.8 Å². The molecule has 0 radical (unpaired) electrons. The van der Waals surface area contributed by atoms with Gasteiger partial charge in [0.25, 0.3) is 0 Å². The normalized spacial score (nSPS) is 14.8. The Hall–Kier alpha value is -3.02. The van der Waals surface area contributed by atoms with Crippen molar-refractivity contribution in [3.05, 3.63) is 48.2 Å². The highest BCUT2D eigenvalue weighted by molar-refractivity contribution is 5.99. The van der Waals surface area contributed by atoms with E-state index in [1.165, 1.54) is 5.56 Å². The largest absolute Gasteiger partial charge is 0.493 e. The van der Waals surface area contributed by atoms with Crippen LogP contribution in [0.25, 0.3) is 10.8 Å². The van der Waals surface area contributed by atoms with E-state index in [1.807, 2.05) is 6.07 Å². The molecule has 1 aliphatic heterocycles. The number of anilines is 1. The Kier molecular flexibility index (Phi) is 5.69. The molecule has 0 aliphatic carbocycles. The molecular formula is C23H27N3O3. The summed E-state index contributed by atoms with van der Waals surface area (Å²) in [5.41, 5.74) is 1.41. The SMILES string of the molecule is COc1cc2c(N3CCC(Cc4ccccc4)CC3)nncc2c(OC)c1OC. The Balaban J connectivity index is 1.60. The van der Waals surface area contributed by atoms with Crippen molar-refractivity contribution in [2.75, 3.05) is 39.3 Å². The third-order valence-electron chi connectivity index (χ3n) is 5.73. The Morgan fingerprint density at radius 2 is 1.66 bits per heavy atom. The number of fused-ring (bicyclic) bond motifs is 1. The number of ether oxygens (including phenoxy) is 3. The van der Waals surface area contributed by atoms with Crippen molar-refractivity contribution in [3.63, 3.8) is 0 Å². The Bertz CT molecular complexity index is 970. The average Bonchev–Trinajstić information content (AvgIpc) is 2.78. The molecule has 4 rings (SSSR count). The van der Waals surface area contributed by atoms with Gasteiger partial charge in [0, 0.05) is 18.5 Å². The van der Waals surface area contributed by atoms with Crippen LogP contribution in [-0.2, 0) is 6.42 Å². The molecule has 1 aliphatic rings. The summed E-state index contributed by atoms with van der Waals surface area (Å²) in [6, 6.07) is 12.7. The quantitative estimate of drug-likeness (QED) is 0.628. The van der Waals surface area contributed by atoms with Crippen LogP contribution in [0.5, 0.6) is 17.2 Å². The minimum atomic E-state index is 0.572. The van der Waals surface area contributed by atoms with Crippen LogP contribution in [0.1, 0.15) is 18.4 Å². The molecule has 1 saturated heterocycles. The summed E-state index contributed by atoms with van der Waals surface area (Å²) >= 11 is 0. The topological polar surface area (TPSA) is 56.7 Å². The third kappa shape index (κ3) is 3.79. The summed E-state index contributed by atoms with van der Waals surface area (Å²) in [6.07, 6.45) is 5.13. The highest BCUT2D eigenvalue weighted by Crippen LogP contribution is 2.45. The van der Waals surface area contributed by atoms with Crippen LogP contribution in [-0.4, -0.2) is 44.6 Å². The summed E-state index contributed by atoms with van der Waals surface area (Å²) in [5.74, 6) is 3.39. The molecule has 2 heterocycles. The molecule has 3 aromatic rings. The van der Waals surface area contributed by atoms with Gasteiger partial charge >= 0.3 is 0 Å². The summed E-state index contributed by atoms with van der Waals surface area (Å²) in [6.45, 7) is 1.92. The maximum atomic E-state index is 5.63. The van der Waals surface area contributed by atoms with Gasteiger partial charge in [-0.15, -0.1) is 5.10 Å². The zero-order chi connectivity index (χ0) is 20.2. The van der Waals surface area contributed by atoms with Gasteiger partial charge < -0.3 is 19.1 Å². The monoisotopic (exact) mass is 393 g/mol. The van der Waals surface area contributed by atoms with Crippen LogP contribution in [0.2, 0.25) is 0 Å². The van der Waals surface area contributed by atoms with Crippen molar-refractivity contribution in [2.45, 2.75) is 19.3 Å². The fourth-order valence-corrected chi connectivity index (χ4v) is 4.22. The highest BCUT2D eigenvalue weighted by Gasteiger charge is 2.25. The van der Waals surface area contributed by atoms with Gasteiger partial charge in [-0.25, -0.2) is 0 Å². The second kappa shape index (κ2) is 8.55. The molecular weight excluding hydrogens is 366 g/mol. The molecule has 6 heteroatoms. The fourth-order valence-electron chi connectivity index (χ4n) is 4.22. The zero-order valence-corrected chi connectivity index (χ0v) is 17.2. The number of aromatic nitrogens is 2. The van der Waals surface area contributed by atoms with Crippen LogP contribution in [0, 0.1) is 5.92 Å². The van der Waals surface area contributed by atoms with Crippen molar-refractivity contribution in [3.8, 4) is 17.2 Å². The van der Waals surface area contributed by atoms with E-state index in [9.17, 15) is 0 Å². The standard InChI is InChI=1S/C23H27N3O3/c1-27-20-14-18-19(21(28-2)22(20)29-3)15-24-25-23(18)26-11-9-17(10-12-26)13-16-7-5-4-6-8-16/h4-8,14-15,17H,9-13H2,1-3H3. The van der Waals surface area contributed by atoms with Crippen LogP contribution >= 0.6 is 0 Å². The number of nitrogens with zero attached hydrogens (tertiary/aromatic N) is 3. The minimum absolute atomic E-state index is 0.572. The molecule has 6 nitrogen and oxygen atoms in total. The molecule has 0 bridgehead atoms. The summed E-state index contributed by atoms with van der Waals surface area (Å²) in [7, 11) is 4.87. The van der Waals surface area contributed by atoms with Crippen molar-refractivity contribution in [1.29, 1.82) is 0 Å². The lowest BCUT2D eigenvalue weighted by atomic mass is 9.90. The number of piperidine rings is 1. The van der Waals surface area contributed by atoms with Crippen LogP contribution < -0.4 is 19.1 Å². The first-order valence-corrected chi connectivity index (χ1v) is 9.98. The van der Waals surface area contributed by atoms with E-state index in [2.05, 4.69) is 45.4 Å². The predicted octanol–water partition coefficient (Wildman–Crippen LogP) is 4.11. The van der Waals surface area contributed by atoms with Crippen LogP contribution in [0.3, 0.4) is 0 Å². The van der Waals surface area contributed by atoms with E-state index < -0.39 is 0 Å². The lowest BCUT2D eigenvalue weighted by Gasteiger charge is -2.33. The number of rotatable bonds is 6. The van der Waals surface area contributed by atoms with Crippen molar-refractivity contribution >= 4 is 16.6 Å². The molecule has 0 N–H and O–H groups in total. The van der Waals surface area contributed by atoms with Crippen molar-refractivity contribution in [1.82, 2.24) is 10.2 Å².